The third kappa shape index (κ3) is 5.90. The van der Waals surface area contributed by atoms with Crippen LogP contribution >= 0.6 is 0 Å². The Morgan fingerprint density at radius 3 is 2.26 bits per heavy atom. The Bertz CT molecular complexity index is 850. The predicted molar refractivity (Wildman–Crippen MR) is 130 cm³/mol. The second kappa shape index (κ2) is 10.8. The van der Waals surface area contributed by atoms with Crippen LogP contribution in [0.2, 0.25) is 0 Å². The minimum atomic E-state index is 0.252. The fraction of sp³-hybridized carbons (Fsp3) is 0.536. The van der Waals surface area contributed by atoms with E-state index in [2.05, 4.69) is 51.1 Å². The maximum absolute atomic E-state index is 12.8. The van der Waals surface area contributed by atoms with Crippen molar-refractivity contribution < 1.29 is 9.53 Å². The highest BCUT2D eigenvalue weighted by Gasteiger charge is 2.25. The molecule has 1 atom stereocenters. The second-order valence-corrected chi connectivity index (χ2v) is 9.53. The smallest absolute Gasteiger partial charge is 0.225 e. The van der Waals surface area contributed by atoms with E-state index < -0.39 is 0 Å². The van der Waals surface area contributed by atoms with E-state index in [0.717, 1.165) is 31.6 Å². The normalized spacial score (nSPS) is 15.7. The molecule has 1 amide bonds. The maximum atomic E-state index is 12.8. The van der Waals surface area contributed by atoms with E-state index in [1.807, 2.05) is 24.1 Å². The van der Waals surface area contributed by atoms with E-state index in [9.17, 15) is 4.79 Å². The Hall–Kier alpha value is -2.29. The fourth-order valence-electron chi connectivity index (χ4n) is 5.01. The zero-order chi connectivity index (χ0) is 22.4. The summed E-state index contributed by atoms with van der Waals surface area (Å²) in [5.41, 5.74) is 5.17. The molecule has 2 aromatic rings. The molecule has 168 valence electrons. The third-order valence-corrected chi connectivity index (χ3v) is 7.00. The molecule has 0 bridgehead atoms. The quantitative estimate of drug-likeness (QED) is 0.467. The first kappa shape index (κ1) is 23.4. The number of methoxy groups -OCH3 is 1. The lowest BCUT2D eigenvalue weighted by Gasteiger charge is -2.29. The number of amides is 1. The molecule has 0 aliphatic heterocycles. The van der Waals surface area contributed by atoms with Gasteiger partial charge in [0.05, 0.1) is 7.11 Å². The lowest BCUT2D eigenvalue weighted by atomic mass is 9.82. The van der Waals surface area contributed by atoms with Crippen molar-refractivity contribution >= 4 is 5.91 Å². The van der Waals surface area contributed by atoms with E-state index >= 15 is 0 Å². The Morgan fingerprint density at radius 1 is 1.03 bits per heavy atom. The number of hydrogen-bond donors (Lipinski definition) is 0. The standard InChI is InChI=1S/C28H39NO2/c1-20(2)26(17-18-29(4)28(30)23-9-7-6-8-10-23)27-16-13-24(19-21(27)3)22-11-14-25(31-5)15-12-22/h11-16,19-20,23,26H,6-10,17-18H2,1-5H3. The molecule has 1 aliphatic carbocycles. The van der Waals surface area contributed by atoms with Crippen LogP contribution in [0.5, 0.6) is 5.75 Å². The van der Waals surface area contributed by atoms with Gasteiger partial charge in [0.15, 0.2) is 0 Å². The molecule has 3 nitrogen and oxygen atoms in total. The van der Waals surface area contributed by atoms with Gasteiger partial charge in [-0.2, -0.15) is 0 Å². The Labute approximate surface area is 188 Å². The summed E-state index contributed by atoms with van der Waals surface area (Å²) in [5, 5.41) is 0. The highest BCUT2D eigenvalue weighted by atomic mass is 16.5. The molecule has 0 saturated heterocycles. The van der Waals surface area contributed by atoms with E-state index in [-0.39, 0.29) is 5.92 Å². The molecule has 2 aromatic carbocycles. The largest absolute Gasteiger partial charge is 0.497 e. The molecule has 3 rings (SSSR count). The second-order valence-electron chi connectivity index (χ2n) is 9.53. The van der Waals surface area contributed by atoms with Crippen LogP contribution in [0.15, 0.2) is 42.5 Å². The summed E-state index contributed by atoms with van der Waals surface area (Å²) in [4.78, 5) is 14.8. The van der Waals surface area contributed by atoms with Gasteiger partial charge >= 0.3 is 0 Å². The average Bonchev–Trinajstić information content (AvgIpc) is 2.79. The molecular formula is C28H39NO2. The molecule has 1 saturated carbocycles. The number of carbonyl (C=O) groups is 1. The zero-order valence-corrected chi connectivity index (χ0v) is 20.0. The van der Waals surface area contributed by atoms with Crippen LogP contribution in [0.1, 0.15) is 69.4 Å². The molecule has 0 N–H and O–H groups in total. The van der Waals surface area contributed by atoms with Crippen molar-refractivity contribution in [2.24, 2.45) is 11.8 Å². The molecule has 0 aromatic heterocycles. The first-order valence-corrected chi connectivity index (χ1v) is 11.9. The Balaban J connectivity index is 1.69. The number of rotatable bonds is 8. The van der Waals surface area contributed by atoms with Crippen molar-refractivity contribution in [1.29, 1.82) is 0 Å². The number of hydrogen-bond acceptors (Lipinski definition) is 2. The number of nitrogens with zero attached hydrogens (tertiary/aromatic N) is 1. The molecule has 1 aliphatic rings. The molecule has 0 spiro atoms. The van der Waals surface area contributed by atoms with Crippen LogP contribution in [0, 0.1) is 18.8 Å². The van der Waals surface area contributed by atoms with Gasteiger partial charge in [-0.15, -0.1) is 0 Å². The van der Waals surface area contributed by atoms with Crippen LogP contribution in [0.25, 0.3) is 11.1 Å². The first-order chi connectivity index (χ1) is 14.9. The summed E-state index contributed by atoms with van der Waals surface area (Å²) in [6.45, 7) is 7.64. The minimum absolute atomic E-state index is 0.252. The van der Waals surface area contributed by atoms with Gasteiger partial charge in [0, 0.05) is 19.5 Å². The first-order valence-electron chi connectivity index (χ1n) is 11.9. The summed E-state index contributed by atoms with van der Waals surface area (Å²) < 4.78 is 5.28. The van der Waals surface area contributed by atoms with Gasteiger partial charge in [0.1, 0.15) is 5.75 Å². The minimum Gasteiger partial charge on any atom is -0.497 e. The van der Waals surface area contributed by atoms with Crippen molar-refractivity contribution in [3.05, 3.63) is 53.6 Å². The Morgan fingerprint density at radius 2 is 1.68 bits per heavy atom. The van der Waals surface area contributed by atoms with Gasteiger partial charge in [-0.05, 0) is 72.4 Å². The molecular weight excluding hydrogens is 382 g/mol. The van der Waals surface area contributed by atoms with Crippen LogP contribution < -0.4 is 4.74 Å². The summed E-state index contributed by atoms with van der Waals surface area (Å²) in [7, 11) is 3.69. The Kier molecular flexibility index (Phi) is 8.17. The van der Waals surface area contributed by atoms with Gasteiger partial charge in [-0.1, -0.05) is 63.4 Å². The highest BCUT2D eigenvalue weighted by molar-refractivity contribution is 5.78. The topological polar surface area (TPSA) is 29.5 Å². The molecule has 1 unspecified atom stereocenters. The molecule has 3 heteroatoms. The third-order valence-electron chi connectivity index (χ3n) is 7.00. The van der Waals surface area contributed by atoms with Gasteiger partial charge in [-0.25, -0.2) is 0 Å². The van der Waals surface area contributed by atoms with Crippen molar-refractivity contribution in [3.63, 3.8) is 0 Å². The molecule has 31 heavy (non-hydrogen) atoms. The number of aryl methyl sites for hydroxylation is 1. The van der Waals surface area contributed by atoms with Gasteiger partial charge in [0.2, 0.25) is 5.91 Å². The lowest BCUT2D eigenvalue weighted by Crippen LogP contribution is -2.35. The van der Waals surface area contributed by atoms with E-state index in [0.29, 0.717) is 17.7 Å². The van der Waals surface area contributed by atoms with Crippen LogP contribution in [0.4, 0.5) is 0 Å². The zero-order valence-electron chi connectivity index (χ0n) is 20.0. The molecule has 0 radical (unpaired) electrons. The summed E-state index contributed by atoms with van der Waals surface area (Å²) in [6, 6.07) is 15.1. The van der Waals surface area contributed by atoms with Crippen molar-refractivity contribution in [2.45, 2.75) is 65.2 Å². The maximum Gasteiger partial charge on any atom is 0.225 e. The van der Waals surface area contributed by atoms with Crippen molar-refractivity contribution in [2.75, 3.05) is 20.7 Å². The highest BCUT2D eigenvalue weighted by Crippen LogP contribution is 2.34. The monoisotopic (exact) mass is 421 g/mol. The number of carbonyl (C=O) groups excluding carboxylic acids is 1. The van der Waals surface area contributed by atoms with Crippen LogP contribution in [-0.2, 0) is 4.79 Å². The van der Waals surface area contributed by atoms with E-state index in [1.54, 1.807) is 7.11 Å². The van der Waals surface area contributed by atoms with Gasteiger partial charge in [0.25, 0.3) is 0 Å². The van der Waals surface area contributed by atoms with Crippen LogP contribution in [-0.4, -0.2) is 31.5 Å². The molecule has 0 heterocycles. The van der Waals surface area contributed by atoms with Crippen molar-refractivity contribution in [1.82, 2.24) is 4.90 Å². The predicted octanol–water partition coefficient (Wildman–Crippen LogP) is 6.84. The fourth-order valence-corrected chi connectivity index (χ4v) is 5.01. The number of ether oxygens (including phenoxy) is 1. The molecule has 1 fully saturated rings. The van der Waals surface area contributed by atoms with E-state index in [1.165, 1.54) is 41.5 Å². The SMILES string of the molecule is COc1ccc(-c2ccc(C(CCN(C)C(=O)C3CCCCC3)C(C)C)c(C)c2)cc1. The summed E-state index contributed by atoms with van der Waals surface area (Å²) in [6.07, 6.45) is 6.85. The average molecular weight is 422 g/mol. The van der Waals surface area contributed by atoms with Crippen LogP contribution in [0.3, 0.4) is 0 Å². The van der Waals surface area contributed by atoms with Gasteiger partial charge < -0.3 is 9.64 Å². The van der Waals surface area contributed by atoms with Gasteiger partial charge in [-0.3, -0.25) is 4.79 Å². The lowest BCUT2D eigenvalue weighted by molar-refractivity contribution is -0.135. The number of benzene rings is 2. The summed E-state index contributed by atoms with van der Waals surface area (Å²) in [5.74, 6) is 2.47. The van der Waals surface area contributed by atoms with E-state index in [4.69, 9.17) is 4.74 Å². The van der Waals surface area contributed by atoms with Crippen molar-refractivity contribution in [3.8, 4) is 16.9 Å². The summed E-state index contributed by atoms with van der Waals surface area (Å²) >= 11 is 0.